The standard InChI is InChI=1S/C11H14N4O/c1-6-4-5-9(8(3)13-6)11-14-10(7(2)12)15-16-11/h4-5,7H,12H2,1-3H3. The van der Waals surface area contributed by atoms with Gasteiger partial charge in [-0.3, -0.25) is 4.98 Å². The van der Waals surface area contributed by atoms with E-state index in [1.54, 1.807) is 0 Å². The van der Waals surface area contributed by atoms with Crippen molar-refractivity contribution in [1.82, 2.24) is 15.1 Å². The number of pyridine rings is 1. The number of rotatable bonds is 2. The fourth-order valence-corrected chi connectivity index (χ4v) is 1.44. The lowest BCUT2D eigenvalue weighted by molar-refractivity contribution is 0.418. The number of aromatic nitrogens is 3. The van der Waals surface area contributed by atoms with Crippen LogP contribution in [0.5, 0.6) is 0 Å². The van der Waals surface area contributed by atoms with Crippen LogP contribution in [0.2, 0.25) is 0 Å². The van der Waals surface area contributed by atoms with Crippen molar-refractivity contribution in [3.05, 3.63) is 29.3 Å². The van der Waals surface area contributed by atoms with Crippen LogP contribution in [0.1, 0.15) is 30.2 Å². The second-order valence-corrected chi connectivity index (χ2v) is 3.83. The summed E-state index contributed by atoms with van der Waals surface area (Å²) in [6.07, 6.45) is 0. The van der Waals surface area contributed by atoms with Crippen molar-refractivity contribution in [3.8, 4) is 11.5 Å². The van der Waals surface area contributed by atoms with Crippen LogP contribution >= 0.6 is 0 Å². The molecule has 0 fully saturated rings. The summed E-state index contributed by atoms with van der Waals surface area (Å²) in [6, 6.07) is 3.62. The Balaban J connectivity index is 2.42. The van der Waals surface area contributed by atoms with Gasteiger partial charge in [0.05, 0.1) is 17.3 Å². The normalized spacial score (nSPS) is 12.8. The summed E-state index contributed by atoms with van der Waals surface area (Å²) in [5.74, 6) is 0.979. The topological polar surface area (TPSA) is 77.8 Å². The minimum absolute atomic E-state index is 0.226. The summed E-state index contributed by atoms with van der Waals surface area (Å²) in [6.45, 7) is 5.67. The Hall–Kier alpha value is -1.75. The first kappa shape index (κ1) is 10.8. The molecule has 1 atom stereocenters. The number of nitrogens with zero attached hydrogens (tertiary/aromatic N) is 3. The predicted octanol–water partition coefficient (Wildman–Crippen LogP) is 1.77. The highest BCUT2D eigenvalue weighted by Gasteiger charge is 2.13. The van der Waals surface area contributed by atoms with Gasteiger partial charge in [0, 0.05) is 5.69 Å². The van der Waals surface area contributed by atoms with Crippen LogP contribution in [-0.2, 0) is 0 Å². The molecule has 2 heterocycles. The van der Waals surface area contributed by atoms with E-state index in [2.05, 4.69) is 15.1 Å². The predicted molar refractivity (Wildman–Crippen MR) is 59.6 cm³/mol. The summed E-state index contributed by atoms with van der Waals surface area (Å²) >= 11 is 0. The van der Waals surface area contributed by atoms with Crippen molar-refractivity contribution in [2.24, 2.45) is 5.73 Å². The van der Waals surface area contributed by atoms with Crippen LogP contribution in [0.25, 0.3) is 11.5 Å². The molecule has 0 saturated heterocycles. The Morgan fingerprint density at radius 3 is 2.56 bits per heavy atom. The molecular weight excluding hydrogens is 204 g/mol. The van der Waals surface area contributed by atoms with E-state index >= 15 is 0 Å². The molecule has 84 valence electrons. The maximum Gasteiger partial charge on any atom is 0.259 e. The zero-order valence-electron chi connectivity index (χ0n) is 9.56. The van der Waals surface area contributed by atoms with Gasteiger partial charge < -0.3 is 10.3 Å². The third-order valence-electron chi connectivity index (χ3n) is 2.30. The monoisotopic (exact) mass is 218 g/mol. The van der Waals surface area contributed by atoms with Gasteiger partial charge in [-0.1, -0.05) is 5.16 Å². The first-order chi connectivity index (χ1) is 7.58. The molecule has 1 unspecified atom stereocenters. The summed E-state index contributed by atoms with van der Waals surface area (Å²) in [7, 11) is 0. The minimum atomic E-state index is -0.226. The third kappa shape index (κ3) is 1.94. The molecule has 2 aromatic rings. The van der Waals surface area contributed by atoms with E-state index < -0.39 is 0 Å². The molecular formula is C11H14N4O. The lowest BCUT2D eigenvalue weighted by Gasteiger charge is -2.00. The summed E-state index contributed by atoms with van der Waals surface area (Å²) in [5, 5.41) is 3.82. The van der Waals surface area contributed by atoms with E-state index in [-0.39, 0.29) is 6.04 Å². The van der Waals surface area contributed by atoms with Crippen LogP contribution in [0, 0.1) is 13.8 Å². The molecule has 0 aliphatic heterocycles. The van der Waals surface area contributed by atoms with Crippen LogP contribution in [-0.4, -0.2) is 15.1 Å². The van der Waals surface area contributed by atoms with Crippen molar-refractivity contribution in [2.45, 2.75) is 26.8 Å². The van der Waals surface area contributed by atoms with Crippen molar-refractivity contribution >= 4 is 0 Å². The summed E-state index contributed by atoms with van der Waals surface area (Å²) < 4.78 is 5.15. The van der Waals surface area contributed by atoms with Crippen LogP contribution in [0.4, 0.5) is 0 Å². The molecule has 0 aliphatic rings. The quantitative estimate of drug-likeness (QED) is 0.831. The fraction of sp³-hybridized carbons (Fsp3) is 0.364. The lowest BCUT2D eigenvalue weighted by atomic mass is 10.2. The number of aryl methyl sites for hydroxylation is 2. The van der Waals surface area contributed by atoms with E-state index in [4.69, 9.17) is 10.3 Å². The molecule has 0 bridgehead atoms. The highest BCUT2D eigenvalue weighted by atomic mass is 16.5. The molecule has 0 radical (unpaired) electrons. The smallest absolute Gasteiger partial charge is 0.259 e. The Labute approximate surface area is 93.7 Å². The van der Waals surface area contributed by atoms with Crippen LogP contribution < -0.4 is 5.73 Å². The van der Waals surface area contributed by atoms with Gasteiger partial charge in [0.25, 0.3) is 5.89 Å². The van der Waals surface area contributed by atoms with Gasteiger partial charge in [0.15, 0.2) is 5.82 Å². The highest BCUT2D eigenvalue weighted by molar-refractivity contribution is 5.55. The van der Waals surface area contributed by atoms with Crippen LogP contribution in [0.15, 0.2) is 16.7 Å². The van der Waals surface area contributed by atoms with E-state index in [1.807, 2.05) is 32.9 Å². The molecule has 2 N–H and O–H groups in total. The minimum Gasteiger partial charge on any atom is -0.334 e. The Morgan fingerprint density at radius 2 is 2.00 bits per heavy atom. The van der Waals surface area contributed by atoms with E-state index in [0.717, 1.165) is 17.0 Å². The molecule has 0 saturated carbocycles. The molecule has 0 aliphatic carbocycles. The molecule has 2 aromatic heterocycles. The van der Waals surface area contributed by atoms with Crippen molar-refractivity contribution < 1.29 is 4.52 Å². The van der Waals surface area contributed by atoms with Gasteiger partial charge in [0.2, 0.25) is 0 Å². The maximum atomic E-state index is 5.67. The second kappa shape index (κ2) is 4.02. The van der Waals surface area contributed by atoms with Gasteiger partial charge in [-0.15, -0.1) is 0 Å². The maximum absolute atomic E-state index is 5.67. The van der Waals surface area contributed by atoms with E-state index in [1.165, 1.54) is 0 Å². The van der Waals surface area contributed by atoms with Crippen molar-refractivity contribution in [1.29, 1.82) is 0 Å². The average molecular weight is 218 g/mol. The summed E-state index contributed by atoms with van der Waals surface area (Å²) in [4.78, 5) is 8.57. The average Bonchev–Trinajstić information content (AvgIpc) is 2.66. The number of nitrogens with two attached hydrogens (primary N) is 1. The van der Waals surface area contributed by atoms with Gasteiger partial charge in [0.1, 0.15) is 0 Å². The van der Waals surface area contributed by atoms with E-state index in [0.29, 0.717) is 11.7 Å². The molecule has 16 heavy (non-hydrogen) atoms. The molecule has 5 nitrogen and oxygen atoms in total. The van der Waals surface area contributed by atoms with Gasteiger partial charge in [-0.2, -0.15) is 4.98 Å². The van der Waals surface area contributed by atoms with Gasteiger partial charge >= 0.3 is 0 Å². The highest BCUT2D eigenvalue weighted by Crippen LogP contribution is 2.21. The Morgan fingerprint density at radius 1 is 1.25 bits per heavy atom. The Bertz CT molecular complexity index is 504. The molecule has 0 aromatic carbocycles. The third-order valence-corrected chi connectivity index (χ3v) is 2.30. The molecule has 0 amide bonds. The van der Waals surface area contributed by atoms with Gasteiger partial charge in [-0.05, 0) is 32.9 Å². The fourth-order valence-electron chi connectivity index (χ4n) is 1.44. The lowest BCUT2D eigenvalue weighted by Crippen LogP contribution is -2.06. The number of hydrogen-bond acceptors (Lipinski definition) is 5. The zero-order chi connectivity index (χ0) is 11.7. The zero-order valence-corrected chi connectivity index (χ0v) is 9.56. The molecule has 5 heteroatoms. The SMILES string of the molecule is Cc1ccc(-c2nc(C(C)N)no2)c(C)n1. The van der Waals surface area contributed by atoms with Crippen LogP contribution in [0.3, 0.4) is 0 Å². The van der Waals surface area contributed by atoms with E-state index in [9.17, 15) is 0 Å². The Kier molecular flexibility index (Phi) is 2.70. The summed E-state index contributed by atoms with van der Waals surface area (Å²) in [5.41, 5.74) is 8.36. The van der Waals surface area contributed by atoms with Crippen molar-refractivity contribution in [3.63, 3.8) is 0 Å². The second-order valence-electron chi connectivity index (χ2n) is 3.83. The molecule has 0 spiro atoms. The first-order valence-electron chi connectivity index (χ1n) is 5.11. The first-order valence-corrected chi connectivity index (χ1v) is 5.11. The van der Waals surface area contributed by atoms with Crippen molar-refractivity contribution in [2.75, 3.05) is 0 Å². The largest absolute Gasteiger partial charge is 0.334 e. The van der Waals surface area contributed by atoms with Gasteiger partial charge in [-0.25, -0.2) is 0 Å². The number of hydrogen-bond donors (Lipinski definition) is 1. The molecule has 2 rings (SSSR count).